The summed E-state index contributed by atoms with van der Waals surface area (Å²) in [4.78, 5) is 0. The van der Waals surface area contributed by atoms with E-state index in [1.165, 1.54) is 0 Å². The first-order valence-electron chi connectivity index (χ1n) is 6.05. The maximum Gasteiger partial charge on any atom is 0.0843 e. The molecule has 1 unspecified atom stereocenters. The summed E-state index contributed by atoms with van der Waals surface area (Å²) >= 11 is 18.3. The van der Waals surface area contributed by atoms with Crippen LogP contribution in [0.25, 0.3) is 0 Å². The molecule has 2 rings (SSSR count). The van der Waals surface area contributed by atoms with E-state index in [9.17, 15) is 5.11 Å². The minimum Gasteiger partial charge on any atom is -0.394 e. The van der Waals surface area contributed by atoms with E-state index in [2.05, 4.69) is 5.32 Å². The Kier molecular flexibility index (Phi) is 4.82. The van der Waals surface area contributed by atoms with Crippen LogP contribution in [0, 0.1) is 0 Å². The van der Waals surface area contributed by atoms with E-state index in [-0.39, 0.29) is 6.61 Å². The van der Waals surface area contributed by atoms with Gasteiger partial charge in [0.25, 0.3) is 0 Å². The molecular weight excluding hydrogens is 317 g/mol. The Morgan fingerprint density at radius 3 is 2.35 bits per heavy atom. The van der Waals surface area contributed by atoms with E-state index in [0.717, 1.165) is 11.3 Å². The number of aliphatic hydroxyl groups excluding tert-OH is 1. The fourth-order valence-electron chi connectivity index (χ4n) is 1.99. The number of halogens is 3. The first-order chi connectivity index (χ1) is 9.46. The number of anilines is 1. The molecule has 1 atom stereocenters. The van der Waals surface area contributed by atoms with E-state index in [1.54, 1.807) is 24.3 Å². The minimum atomic E-state index is -0.757. The van der Waals surface area contributed by atoms with E-state index in [1.807, 2.05) is 25.1 Å². The monoisotopic (exact) mass is 329 g/mol. The van der Waals surface area contributed by atoms with Crippen LogP contribution in [0.2, 0.25) is 15.1 Å². The van der Waals surface area contributed by atoms with Crippen molar-refractivity contribution >= 4 is 40.5 Å². The van der Waals surface area contributed by atoms with Gasteiger partial charge < -0.3 is 10.4 Å². The van der Waals surface area contributed by atoms with Crippen LogP contribution in [0.15, 0.2) is 42.5 Å². The smallest absolute Gasteiger partial charge is 0.0843 e. The summed E-state index contributed by atoms with van der Waals surface area (Å²) in [6.07, 6.45) is 0. The molecule has 2 nitrogen and oxygen atoms in total. The molecule has 0 bridgehead atoms. The van der Waals surface area contributed by atoms with Gasteiger partial charge in [0.05, 0.1) is 22.9 Å². The average molecular weight is 331 g/mol. The van der Waals surface area contributed by atoms with E-state index < -0.39 is 5.54 Å². The molecule has 0 amide bonds. The largest absolute Gasteiger partial charge is 0.394 e. The third kappa shape index (κ3) is 3.21. The van der Waals surface area contributed by atoms with Crippen molar-refractivity contribution < 1.29 is 5.11 Å². The number of hydrogen-bond donors (Lipinski definition) is 2. The summed E-state index contributed by atoms with van der Waals surface area (Å²) in [5.41, 5.74) is 0.731. The number of nitrogens with one attached hydrogen (secondary N) is 1. The highest BCUT2D eigenvalue weighted by atomic mass is 35.5. The Morgan fingerprint density at radius 1 is 1.05 bits per heavy atom. The van der Waals surface area contributed by atoms with Gasteiger partial charge in [0.1, 0.15) is 0 Å². The lowest BCUT2D eigenvalue weighted by atomic mass is 9.92. The standard InChI is InChI=1S/C15H14Cl3NO/c1-15(9-20,11-7-6-10(16)8-13(11)18)19-14-5-3-2-4-12(14)17/h2-8,19-20H,9H2,1H3. The second-order valence-electron chi connectivity index (χ2n) is 4.72. The van der Waals surface area contributed by atoms with Crippen LogP contribution >= 0.6 is 34.8 Å². The zero-order chi connectivity index (χ0) is 14.8. The molecule has 2 aromatic rings. The minimum absolute atomic E-state index is 0.139. The predicted octanol–water partition coefficient (Wildman–Crippen LogP) is 4.97. The molecule has 0 aliphatic carbocycles. The van der Waals surface area contributed by atoms with Crippen LogP contribution in [0.3, 0.4) is 0 Å². The van der Waals surface area contributed by atoms with Gasteiger partial charge >= 0.3 is 0 Å². The number of aliphatic hydroxyl groups is 1. The molecular formula is C15H14Cl3NO. The first kappa shape index (κ1) is 15.5. The van der Waals surface area contributed by atoms with Crippen molar-refractivity contribution in [3.8, 4) is 0 Å². The van der Waals surface area contributed by atoms with E-state index in [4.69, 9.17) is 34.8 Å². The number of hydrogen-bond acceptors (Lipinski definition) is 2. The predicted molar refractivity (Wildman–Crippen MR) is 86.0 cm³/mol. The highest BCUT2D eigenvalue weighted by Crippen LogP contribution is 2.34. The lowest BCUT2D eigenvalue weighted by Gasteiger charge is -2.31. The lowest BCUT2D eigenvalue weighted by molar-refractivity contribution is 0.224. The van der Waals surface area contributed by atoms with Crippen LogP contribution in [0.4, 0.5) is 5.69 Å². The molecule has 0 spiro atoms. The summed E-state index contributed by atoms with van der Waals surface area (Å²) in [5, 5.41) is 14.7. The Balaban J connectivity index is 2.41. The van der Waals surface area contributed by atoms with Crippen molar-refractivity contribution in [1.29, 1.82) is 0 Å². The molecule has 0 radical (unpaired) electrons. The highest BCUT2D eigenvalue weighted by Gasteiger charge is 2.28. The summed E-state index contributed by atoms with van der Waals surface area (Å²) < 4.78 is 0. The maximum atomic E-state index is 9.79. The van der Waals surface area contributed by atoms with Gasteiger partial charge in [-0.05, 0) is 36.8 Å². The molecule has 106 valence electrons. The summed E-state index contributed by atoms with van der Waals surface area (Å²) in [5.74, 6) is 0. The summed E-state index contributed by atoms with van der Waals surface area (Å²) in [6.45, 7) is 1.71. The highest BCUT2D eigenvalue weighted by molar-refractivity contribution is 6.35. The van der Waals surface area contributed by atoms with Crippen molar-refractivity contribution in [2.24, 2.45) is 0 Å². The zero-order valence-corrected chi connectivity index (χ0v) is 13.1. The molecule has 2 aromatic carbocycles. The molecule has 0 aromatic heterocycles. The van der Waals surface area contributed by atoms with Crippen LogP contribution < -0.4 is 5.32 Å². The van der Waals surface area contributed by atoms with Gasteiger partial charge in [0, 0.05) is 10.0 Å². The maximum absolute atomic E-state index is 9.79. The Morgan fingerprint density at radius 2 is 1.75 bits per heavy atom. The normalized spacial score (nSPS) is 13.8. The zero-order valence-electron chi connectivity index (χ0n) is 10.8. The summed E-state index contributed by atoms with van der Waals surface area (Å²) in [7, 11) is 0. The first-order valence-corrected chi connectivity index (χ1v) is 7.19. The molecule has 0 heterocycles. The molecule has 0 fully saturated rings. The van der Waals surface area contributed by atoms with Gasteiger partial charge in [-0.1, -0.05) is 53.0 Å². The van der Waals surface area contributed by atoms with Gasteiger partial charge in [-0.2, -0.15) is 0 Å². The third-order valence-corrected chi connectivity index (χ3v) is 4.00. The molecule has 20 heavy (non-hydrogen) atoms. The van der Waals surface area contributed by atoms with Crippen molar-refractivity contribution in [2.75, 3.05) is 11.9 Å². The third-order valence-electron chi connectivity index (χ3n) is 3.13. The van der Waals surface area contributed by atoms with E-state index >= 15 is 0 Å². The molecule has 5 heteroatoms. The summed E-state index contributed by atoms with van der Waals surface area (Å²) in [6, 6.07) is 12.5. The fraction of sp³-hybridized carbons (Fsp3) is 0.200. The van der Waals surface area contributed by atoms with Crippen LogP contribution in [-0.4, -0.2) is 11.7 Å². The lowest BCUT2D eigenvalue weighted by Crippen LogP contribution is -2.36. The molecule has 0 aliphatic rings. The van der Waals surface area contributed by atoms with E-state index in [0.29, 0.717) is 15.1 Å². The van der Waals surface area contributed by atoms with Crippen molar-refractivity contribution in [2.45, 2.75) is 12.5 Å². The van der Waals surface area contributed by atoms with Gasteiger partial charge in [-0.15, -0.1) is 0 Å². The molecule has 0 saturated heterocycles. The quantitative estimate of drug-likeness (QED) is 0.830. The fourth-order valence-corrected chi connectivity index (χ4v) is 2.79. The van der Waals surface area contributed by atoms with Gasteiger partial charge in [0.15, 0.2) is 0 Å². The second-order valence-corrected chi connectivity index (χ2v) is 5.97. The molecule has 0 aliphatic heterocycles. The Hall–Kier alpha value is -0.930. The Labute approximate surface area is 133 Å². The molecule has 2 N–H and O–H groups in total. The van der Waals surface area contributed by atoms with Gasteiger partial charge in [-0.25, -0.2) is 0 Å². The van der Waals surface area contributed by atoms with Crippen molar-refractivity contribution in [3.63, 3.8) is 0 Å². The SMILES string of the molecule is CC(CO)(Nc1ccccc1Cl)c1ccc(Cl)cc1Cl. The number of para-hydroxylation sites is 1. The number of benzene rings is 2. The average Bonchev–Trinajstić information content (AvgIpc) is 2.41. The second kappa shape index (κ2) is 6.23. The van der Waals surface area contributed by atoms with Gasteiger partial charge in [0.2, 0.25) is 0 Å². The topological polar surface area (TPSA) is 32.3 Å². The molecule has 0 saturated carbocycles. The number of rotatable bonds is 4. The van der Waals surface area contributed by atoms with Crippen LogP contribution in [-0.2, 0) is 5.54 Å². The Bertz CT molecular complexity index is 618. The van der Waals surface area contributed by atoms with Gasteiger partial charge in [-0.3, -0.25) is 0 Å². The van der Waals surface area contributed by atoms with Crippen LogP contribution in [0.1, 0.15) is 12.5 Å². The van der Waals surface area contributed by atoms with Crippen molar-refractivity contribution in [1.82, 2.24) is 0 Å². The van der Waals surface area contributed by atoms with Crippen molar-refractivity contribution in [3.05, 3.63) is 63.1 Å². The van der Waals surface area contributed by atoms with Crippen LogP contribution in [0.5, 0.6) is 0 Å².